The van der Waals surface area contributed by atoms with Crippen LogP contribution in [0.15, 0.2) is 23.6 Å². The maximum Gasteiger partial charge on any atom is 0.0960 e. The van der Waals surface area contributed by atoms with Crippen LogP contribution in [0.2, 0.25) is 0 Å². The predicted octanol–water partition coefficient (Wildman–Crippen LogP) is 4.51. The molecular formula is C18H25NOS. The smallest absolute Gasteiger partial charge is 0.0960 e. The van der Waals surface area contributed by atoms with E-state index in [2.05, 4.69) is 58.2 Å². The highest BCUT2D eigenvalue weighted by molar-refractivity contribution is 7.09. The molecule has 1 atom stereocenters. The minimum atomic E-state index is -0.885. The van der Waals surface area contributed by atoms with Crippen LogP contribution in [-0.2, 0) is 17.4 Å². The Kier molecular flexibility index (Phi) is 4.27. The number of aromatic nitrogens is 1. The zero-order valence-corrected chi connectivity index (χ0v) is 14.6. The van der Waals surface area contributed by atoms with Crippen molar-refractivity contribution in [2.45, 2.75) is 59.0 Å². The van der Waals surface area contributed by atoms with E-state index >= 15 is 0 Å². The summed E-state index contributed by atoms with van der Waals surface area (Å²) in [5.41, 5.74) is 3.59. The molecule has 1 aromatic carbocycles. The lowest BCUT2D eigenvalue weighted by molar-refractivity contribution is 0.0574. The summed E-state index contributed by atoms with van der Waals surface area (Å²) in [7, 11) is 0. The summed E-state index contributed by atoms with van der Waals surface area (Å²) in [4.78, 5) is 4.70. The number of nitrogens with zero attached hydrogens (tertiary/aromatic N) is 1. The zero-order chi connectivity index (χ0) is 15.8. The maximum atomic E-state index is 10.9. The van der Waals surface area contributed by atoms with E-state index in [1.165, 1.54) is 11.1 Å². The van der Waals surface area contributed by atoms with Gasteiger partial charge in [0.1, 0.15) is 0 Å². The number of aliphatic hydroxyl groups is 1. The Morgan fingerprint density at radius 2 is 1.62 bits per heavy atom. The molecule has 0 bridgehead atoms. The van der Waals surface area contributed by atoms with E-state index in [0.29, 0.717) is 6.42 Å². The fourth-order valence-electron chi connectivity index (χ4n) is 2.42. The van der Waals surface area contributed by atoms with Gasteiger partial charge in [0.05, 0.1) is 16.3 Å². The predicted molar refractivity (Wildman–Crippen MR) is 90.0 cm³/mol. The summed E-state index contributed by atoms with van der Waals surface area (Å²) in [5, 5.41) is 14.0. The lowest BCUT2D eigenvalue weighted by Crippen LogP contribution is -2.24. The molecule has 0 radical (unpaired) electrons. The van der Waals surface area contributed by atoms with Crippen LogP contribution >= 0.6 is 11.3 Å². The van der Waals surface area contributed by atoms with Gasteiger partial charge < -0.3 is 5.11 Å². The van der Waals surface area contributed by atoms with Gasteiger partial charge in [0, 0.05) is 17.2 Å². The van der Waals surface area contributed by atoms with Crippen LogP contribution in [-0.4, -0.2) is 10.1 Å². The molecule has 21 heavy (non-hydrogen) atoms. The van der Waals surface area contributed by atoms with Gasteiger partial charge in [0.25, 0.3) is 0 Å². The normalized spacial score (nSPS) is 15.0. The Morgan fingerprint density at radius 1 is 1.05 bits per heavy atom. The van der Waals surface area contributed by atoms with Crippen LogP contribution in [0.4, 0.5) is 0 Å². The zero-order valence-electron chi connectivity index (χ0n) is 13.8. The van der Waals surface area contributed by atoms with Crippen molar-refractivity contribution in [2.24, 2.45) is 0 Å². The molecule has 0 spiro atoms. The van der Waals surface area contributed by atoms with Crippen molar-refractivity contribution in [1.29, 1.82) is 0 Å². The molecule has 0 fully saturated rings. The number of hydrogen-bond acceptors (Lipinski definition) is 3. The molecule has 1 unspecified atom stereocenters. The molecular weight excluding hydrogens is 278 g/mol. The van der Waals surface area contributed by atoms with E-state index in [1.54, 1.807) is 11.3 Å². The third-order valence-corrected chi connectivity index (χ3v) is 4.51. The van der Waals surface area contributed by atoms with E-state index in [4.69, 9.17) is 4.98 Å². The van der Waals surface area contributed by atoms with Crippen molar-refractivity contribution in [3.63, 3.8) is 0 Å². The van der Waals surface area contributed by atoms with Crippen LogP contribution in [0.25, 0.3) is 0 Å². The van der Waals surface area contributed by atoms with Crippen LogP contribution in [0.1, 0.15) is 55.1 Å². The van der Waals surface area contributed by atoms with Crippen molar-refractivity contribution in [1.82, 2.24) is 4.98 Å². The summed E-state index contributed by atoms with van der Waals surface area (Å²) in [6, 6.07) is 6.25. The average molecular weight is 303 g/mol. The molecule has 2 aromatic rings. The molecule has 1 N–H and O–H groups in total. The minimum absolute atomic E-state index is 0.0561. The van der Waals surface area contributed by atoms with Gasteiger partial charge in [-0.3, -0.25) is 0 Å². The topological polar surface area (TPSA) is 33.1 Å². The molecule has 0 aliphatic rings. The molecule has 1 aromatic heterocycles. The van der Waals surface area contributed by atoms with E-state index < -0.39 is 5.60 Å². The van der Waals surface area contributed by atoms with Gasteiger partial charge in [-0.15, -0.1) is 11.3 Å². The van der Waals surface area contributed by atoms with E-state index in [1.807, 2.05) is 6.92 Å². The van der Waals surface area contributed by atoms with E-state index in [0.717, 1.165) is 16.3 Å². The first-order valence-electron chi connectivity index (χ1n) is 7.34. The number of aryl methyl sites for hydroxylation is 2. The number of hydrogen-bond donors (Lipinski definition) is 1. The Balaban J connectivity index is 2.26. The largest absolute Gasteiger partial charge is 0.385 e. The average Bonchev–Trinajstić information content (AvgIpc) is 2.75. The van der Waals surface area contributed by atoms with Crippen molar-refractivity contribution < 1.29 is 5.11 Å². The SMILES string of the molecule is Cc1cc(C)cc(C(C)(O)Cc2nc(C(C)(C)C)cs2)c1. The molecule has 0 saturated carbocycles. The van der Waals surface area contributed by atoms with Crippen LogP contribution in [0, 0.1) is 13.8 Å². The first kappa shape index (κ1) is 16.2. The third kappa shape index (κ3) is 3.92. The summed E-state index contributed by atoms with van der Waals surface area (Å²) in [5.74, 6) is 0. The fourth-order valence-corrected chi connectivity index (χ4v) is 3.59. The molecule has 0 saturated heterocycles. The first-order chi connectivity index (χ1) is 9.58. The summed E-state index contributed by atoms with van der Waals surface area (Å²) >= 11 is 1.64. The lowest BCUT2D eigenvalue weighted by atomic mass is 9.90. The molecule has 0 amide bonds. The van der Waals surface area contributed by atoms with Crippen molar-refractivity contribution in [3.8, 4) is 0 Å². The number of rotatable bonds is 3. The molecule has 0 aliphatic carbocycles. The fraction of sp³-hybridized carbons (Fsp3) is 0.500. The van der Waals surface area contributed by atoms with Crippen molar-refractivity contribution >= 4 is 11.3 Å². The lowest BCUT2D eigenvalue weighted by Gasteiger charge is -2.24. The van der Waals surface area contributed by atoms with E-state index in [9.17, 15) is 5.11 Å². The van der Waals surface area contributed by atoms with Gasteiger partial charge in [-0.25, -0.2) is 4.98 Å². The van der Waals surface area contributed by atoms with Gasteiger partial charge in [0.15, 0.2) is 0 Å². The second-order valence-corrected chi connectivity index (χ2v) is 8.15. The van der Waals surface area contributed by atoms with Gasteiger partial charge in [0.2, 0.25) is 0 Å². The Morgan fingerprint density at radius 3 is 2.10 bits per heavy atom. The second kappa shape index (κ2) is 5.54. The monoisotopic (exact) mass is 303 g/mol. The third-order valence-electron chi connectivity index (χ3n) is 3.66. The molecule has 114 valence electrons. The van der Waals surface area contributed by atoms with Crippen molar-refractivity contribution in [3.05, 3.63) is 51.0 Å². The van der Waals surface area contributed by atoms with Gasteiger partial charge >= 0.3 is 0 Å². The van der Waals surface area contributed by atoms with Gasteiger partial charge in [-0.2, -0.15) is 0 Å². The van der Waals surface area contributed by atoms with Crippen LogP contribution in [0.5, 0.6) is 0 Å². The highest BCUT2D eigenvalue weighted by atomic mass is 32.1. The summed E-state index contributed by atoms with van der Waals surface area (Å²) in [6.07, 6.45) is 0.552. The Bertz CT molecular complexity index is 615. The van der Waals surface area contributed by atoms with Crippen LogP contribution in [0.3, 0.4) is 0 Å². The number of benzene rings is 1. The Labute approximate surface area is 131 Å². The van der Waals surface area contributed by atoms with E-state index in [-0.39, 0.29) is 5.41 Å². The highest BCUT2D eigenvalue weighted by Gasteiger charge is 2.27. The molecule has 3 heteroatoms. The first-order valence-corrected chi connectivity index (χ1v) is 8.22. The molecule has 0 aliphatic heterocycles. The van der Waals surface area contributed by atoms with Crippen molar-refractivity contribution in [2.75, 3.05) is 0 Å². The second-order valence-electron chi connectivity index (χ2n) is 7.20. The quantitative estimate of drug-likeness (QED) is 0.905. The standard InChI is InChI=1S/C18H25NOS/c1-12-7-13(2)9-14(8-12)18(6,20)10-16-19-15(11-21-16)17(3,4)5/h7-9,11,20H,10H2,1-6H3. The summed E-state index contributed by atoms with van der Waals surface area (Å²) < 4.78 is 0. The van der Waals surface area contributed by atoms with Crippen LogP contribution < -0.4 is 0 Å². The summed E-state index contributed by atoms with van der Waals surface area (Å²) in [6.45, 7) is 12.5. The highest BCUT2D eigenvalue weighted by Crippen LogP contribution is 2.30. The minimum Gasteiger partial charge on any atom is -0.385 e. The molecule has 2 nitrogen and oxygen atoms in total. The van der Waals surface area contributed by atoms with Gasteiger partial charge in [-0.05, 0) is 26.3 Å². The maximum absolute atomic E-state index is 10.9. The Hall–Kier alpha value is -1.19. The molecule has 1 heterocycles. The number of thiazole rings is 1. The van der Waals surface area contributed by atoms with Gasteiger partial charge in [-0.1, -0.05) is 50.1 Å². The molecule has 2 rings (SSSR count).